The van der Waals surface area contributed by atoms with E-state index in [9.17, 15) is 14.7 Å². The van der Waals surface area contributed by atoms with Gasteiger partial charge in [-0.15, -0.1) is 0 Å². The van der Waals surface area contributed by atoms with Crippen molar-refractivity contribution >= 4 is 11.9 Å². The monoisotopic (exact) mass is 384 g/mol. The van der Waals surface area contributed by atoms with E-state index in [0.717, 1.165) is 25.3 Å². The molecule has 1 aliphatic rings. The van der Waals surface area contributed by atoms with Crippen molar-refractivity contribution in [3.63, 3.8) is 0 Å². The molecule has 0 aromatic carbocycles. The Kier molecular flexibility index (Phi) is 10.3. The third-order valence-electron chi connectivity index (χ3n) is 4.53. The molecule has 0 amide bonds. The molecule has 1 saturated heterocycles. The van der Waals surface area contributed by atoms with Crippen molar-refractivity contribution in [1.29, 1.82) is 0 Å². The van der Waals surface area contributed by atoms with Gasteiger partial charge < -0.3 is 24.4 Å². The maximum atomic E-state index is 11.9. The number of unbranched alkanes of at least 4 members (excludes halogenated alkanes) is 2. The van der Waals surface area contributed by atoms with Gasteiger partial charge in [0.1, 0.15) is 12.2 Å². The number of allylic oxidation sites excluding steroid dienone is 2. The molecule has 2 unspecified atom stereocenters. The van der Waals surface area contributed by atoms with Gasteiger partial charge in [-0.2, -0.15) is 0 Å². The quantitative estimate of drug-likeness (QED) is 0.339. The fourth-order valence-electron chi connectivity index (χ4n) is 2.72. The first-order chi connectivity index (χ1) is 12.7. The molecule has 0 aromatic rings. The van der Waals surface area contributed by atoms with Gasteiger partial charge in [-0.1, -0.05) is 18.6 Å². The zero-order chi connectivity index (χ0) is 20.4. The van der Waals surface area contributed by atoms with Crippen LogP contribution in [0.25, 0.3) is 0 Å². The van der Waals surface area contributed by atoms with Gasteiger partial charge in [0.15, 0.2) is 6.29 Å². The summed E-state index contributed by atoms with van der Waals surface area (Å²) in [5, 5.41) is 18.8. The van der Waals surface area contributed by atoms with Crippen LogP contribution in [0.5, 0.6) is 0 Å². The number of aliphatic hydroxyl groups is 1. The minimum absolute atomic E-state index is 0.107. The predicted octanol–water partition coefficient (Wildman–Crippen LogP) is 2.97. The van der Waals surface area contributed by atoms with Gasteiger partial charge in [-0.25, -0.2) is 9.59 Å². The Hall–Kier alpha value is -1.70. The Morgan fingerprint density at radius 3 is 2.67 bits per heavy atom. The molecule has 7 heteroatoms. The van der Waals surface area contributed by atoms with Gasteiger partial charge in [0.25, 0.3) is 0 Å². The van der Waals surface area contributed by atoms with Crippen LogP contribution < -0.4 is 0 Å². The number of carbonyl (C=O) groups is 2. The van der Waals surface area contributed by atoms with Crippen molar-refractivity contribution in [1.82, 2.24) is 0 Å². The molecule has 1 heterocycles. The van der Waals surface area contributed by atoms with Gasteiger partial charge in [0.2, 0.25) is 0 Å². The fraction of sp³-hybridized carbons (Fsp3) is 0.700. The number of hydrogen-bond acceptors (Lipinski definition) is 6. The number of carbonyl (C=O) groups excluding carboxylic acids is 1. The first-order valence-electron chi connectivity index (χ1n) is 9.47. The van der Waals surface area contributed by atoms with E-state index in [1.807, 2.05) is 6.92 Å². The SMILES string of the molecule is CC=C(C)C(=O)O[C@@H]1CC(O)[C@H](O[C@@H](C)CCCCC=CC(=O)O)OC1C. The maximum Gasteiger partial charge on any atom is 0.333 e. The molecule has 5 atom stereocenters. The van der Waals surface area contributed by atoms with Crippen LogP contribution in [0.15, 0.2) is 23.8 Å². The smallest absolute Gasteiger partial charge is 0.333 e. The van der Waals surface area contributed by atoms with E-state index in [-0.39, 0.29) is 18.6 Å². The number of hydrogen-bond donors (Lipinski definition) is 2. The van der Waals surface area contributed by atoms with Crippen LogP contribution >= 0.6 is 0 Å². The van der Waals surface area contributed by atoms with E-state index in [1.54, 1.807) is 32.9 Å². The van der Waals surface area contributed by atoms with Gasteiger partial charge in [0.05, 0.1) is 12.2 Å². The number of rotatable bonds is 10. The van der Waals surface area contributed by atoms with E-state index in [1.165, 1.54) is 0 Å². The largest absolute Gasteiger partial charge is 0.478 e. The lowest BCUT2D eigenvalue weighted by Crippen LogP contribution is -2.49. The fourth-order valence-corrected chi connectivity index (χ4v) is 2.72. The molecule has 2 N–H and O–H groups in total. The lowest BCUT2D eigenvalue weighted by atomic mass is 10.0. The van der Waals surface area contributed by atoms with E-state index in [2.05, 4.69) is 0 Å². The normalized spacial score (nSPS) is 27.5. The molecule has 1 aliphatic heterocycles. The molecule has 1 fully saturated rings. The van der Waals surface area contributed by atoms with Crippen LogP contribution in [0.4, 0.5) is 0 Å². The standard InChI is InChI=1S/C20H32O7/c1-5-13(2)19(24)27-17-12-16(21)20(26-15(17)4)25-14(3)10-8-6-7-9-11-18(22)23/h5,9,11,14-17,20-21H,6-8,10,12H2,1-4H3,(H,22,23)/t14-,15?,16?,17+,20+/m0/s1. The number of carboxylic acids is 1. The molecule has 0 aromatic heterocycles. The number of ether oxygens (including phenoxy) is 3. The molecule has 7 nitrogen and oxygen atoms in total. The van der Waals surface area contributed by atoms with E-state index >= 15 is 0 Å². The molecule has 27 heavy (non-hydrogen) atoms. The number of carboxylic acid groups (broad SMARTS) is 1. The topological polar surface area (TPSA) is 102 Å². The summed E-state index contributed by atoms with van der Waals surface area (Å²) in [6, 6.07) is 0. The highest BCUT2D eigenvalue weighted by atomic mass is 16.7. The number of aliphatic hydroxyl groups excluding tert-OH is 1. The van der Waals surface area contributed by atoms with Gasteiger partial charge in [-0.3, -0.25) is 0 Å². The molecule has 0 bridgehead atoms. The summed E-state index contributed by atoms with van der Waals surface area (Å²) in [4.78, 5) is 22.3. The average molecular weight is 384 g/mol. The average Bonchev–Trinajstić information content (AvgIpc) is 2.61. The minimum atomic E-state index is -0.936. The van der Waals surface area contributed by atoms with Crippen LogP contribution in [0.1, 0.15) is 59.8 Å². The molecule has 0 aliphatic carbocycles. The summed E-state index contributed by atoms with van der Waals surface area (Å²) < 4.78 is 16.9. The molecule has 1 rings (SSSR count). The third kappa shape index (κ3) is 8.69. The highest BCUT2D eigenvalue weighted by Crippen LogP contribution is 2.25. The van der Waals surface area contributed by atoms with Crippen molar-refractivity contribution in [3.05, 3.63) is 23.8 Å². The summed E-state index contributed by atoms with van der Waals surface area (Å²) >= 11 is 0. The summed E-state index contributed by atoms with van der Waals surface area (Å²) in [5.41, 5.74) is 0.516. The second-order valence-corrected chi connectivity index (χ2v) is 6.90. The van der Waals surface area contributed by atoms with E-state index in [0.29, 0.717) is 12.0 Å². The van der Waals surface area contributed by atoms with Crippen LogP contribution in [-0.2, 0) is 23.8 Å². The number of esters is 1. The van der Waals surface area contributed by atoms with Gasteiger partial charge >= 0.3 is 11.9 Å². The molecular formula is C20H32O7. The Morgan fingerprint density at radius 2 is 2.04 bits per heavy atom. The summed E-state index contributed by atoms with van der Waals surface area (Å²) in [7, 11) is 0. The van der Waals surface area contributed by atoms with Crippen LogP contribution in [0.2, 0.25) is 0 Å². The third-order valence-corrected chi connectivity index (χ3v) is 4.53. The second-order valence-electron chi connectivity index (χ2n) is 6.90. The highest BCUT2D eigenvalue weighted by Gasteiger charge is 2.38. The first kappa shape index (κ1) is 23.3. The molecule has 0 saturated carbocycles. The predicted molar refractivity (Wildman–Crippen MR) is 100 cm³/mol. The van der Waals surface area contributed by atoms with Crippen molar-refractivity contribution in [2.24, 2.45) is 0 Å². The zero-order valence-electron chi connectivity index (χ0n) is 16.6. The molecule has 154 valence electrons. The Balaban J connectivity index is 2.36. The van der Waals surface area contributed by atoms with Gasteiger partial charge in [-0.05, 0) is 47.0 Å². The van der Waals surface area contributed by atoms with Gasteiger partial charge in [0, 0.05) is 18.1 Å². The van der Waals surface area contributed by atoms with Crippen LogP contribution in [-0.4, -0.2) is 52.9 Å². The molecule has 0 radical (unpaired) electrons. The zero-order valence-corrected chi connectivity index (χ0v) is 16.6. The van der Waals surface area contributed by atoms with Crippen molar-refractivity contribution in [2.45, 2.75) is 90.5 Å². The van der Waals surface area contributed by atoms with E-state index in [4.69, 9.17) is 19.3 Å². The molecular weight excluding hydrogens is 352 g/mol. The lowest BCUT2D eigenvalue weighted by molar-refractivity contribution is -0.275. The number of aliphatic carboxylic acids is 1. The Bertz CT molecular complexity index is 540. The van der Waals surface area contributed by atoms with Crippen molar-refractivity contribution < 1.29 is 34.0 Å². The maximum absolute atomic E-state index is 11.9. The van der Waals surface area contributed by atoms with Crippen molar-refractivity contribution in [3.8, 4) is 0 Å². The second kappa shape index (κ2) is 11.9. The Labute approximate surface area is 161 Å². The highest BCUT2D eigenvalue weighted by molar-refractivity contribution is 5.87. The lowest BCUT2D eigenvalue weighted by Gasteiger charge is -2.38. The summed E-state index contributed by atoms with van der Waals surface area (Å²) in [6.07, 6.45) is 5.34. The molecule has 0 spiro atoms. The first-order valence-corrected chi connectivity index (χ1v) is 9.47. The summed E-state index contributed by atoms with van der Waals surface area (Å²) in [5.74, 6) is -1.34. The minimum Gasteiger partial charge on any atom is -0.478 e. The van der Waals surface area contributed by atoms with Crippen molar-refractivity contribution in [2.75, 3.05) is 0 Å². The van der Waals surface area contributed by atoms with Crippen LogP contribution in [0, 0.1) is 0 Å². The van der Waals surface area contributed by atoms with Crippen LogP contribution in [0.3, 0.4) is 0 Å². The summed E-state index contributed by atoms with van der Waals surface area (Å²) in [6.45, 7) is 7.15. The van der Waals surface area contributed by atoms with E-state index < -0.39 is 30.4 Å². The Morgan fingerprint density at radius 1 is 1.33 bits per heavy atom.